The molecule has 0 radical (unpaired) electrons. The van der Waals surface area contributed by atoms with E-state index in [1.54, 1.807) is 0 Å². The number of amides is 1. The number of anilines is 1. The van der Waals surface area contributed by atoms with E-state index in [-0.39, 0.29) is 5.92 Å². The summed E-state index contributed by atoms with van der Waals surface area (Å²) in [6.07, 6.45) is 10.2. The minimum absolute atomic E-state index is 0.160. The fourth-order valence-corrected chi connectivity index (χ4v) is 3.56. The zero-order valence-corrected chi connectivity index (χ0v) is 13.7. The third-order valence-corrected chi connectivity index (χ3v) is 5.04. The largest absolute Gasteiger partial charge is 0.367 e. The van der Waals surface area contributed by atoms with Crippen LogP contribution in [0.25, 0.3) is 0 Å². The Labute approximate surface area is 137 Å². The molecule has 1 amide bonds. The highest BCUT2D eigenvalue weighted by Gasteiger charge is 2.29. The van der Waals surface area contributed by atoms with Gasteiger partial charge in [0.05, 0.1) is 5.69 Å². The first-order valence-corrected chi connectivity index (χ1v) is 8.77. The predicted molar refractivity (Wildman–Crippen MR) is 89.3 cm³/mol. The first-order chi connectivity index (χ1) is 11.2. The predicted octanol–water partition coefficient (Wildman–Crippen LogP) is 2.25. The van der Waals surface area contributed by atoms with Crippen molar-refractivity contribution in [3.8, 4) is 0 Å². The summed E-state index contributed by atoms with van der Waals surface area (Å²) in [5.74, 6) is 2.30. The molecule has 1 fully saturated rings. The highest BCUT2D eigenvalue weighted by molar-refractivity contribution is 5.79. The van der Waals surface area contributed by atoms with E-state index in [9.17, 15) is 4.79 Å². The Morgan fingerprint density at radius 1 is 1.17 bits per heavy atom. The highest BCUT2D eigenvalue weighted by atomic mass is 16.2. The minimum atomic E-state index is 0.160. The summed E-state index contributed by atoms with van der Waals surface area (Å²) in [4.78, 5) is 24.0. The Hall–Kier alpha value is -1.91. The summed E-state index contributed by atoms with van der Waals surface area (Å²) in [5.41, 5.74) is 2.35. The molecule has 0 saturated heterocycles. The summed E-state index contributed by atoms with van der Waals surface area (Å²) in [7, 11) is 0. The van der Waals surface area contributed by atoms with E-state index in [1.807, 2.05) is 11.8 Å². The van der Waals surface area contributed by atoms with Crippen LogP contribution < -0.4 is 5.32 Å². The molecule has 2 aliphatic carbocycles. The lowest BCUT2D eigenvalue weighted by molar-refractivity contribution is -0.135. The van der Waals surface area contributed by atoms with Crippen molar-refractivity contribution < 1.29 is 4.79 Å². The molecule has 1 aliphatic heterocycles. The molecule has 23 heavy (non-hydrogen) atoms. The van der Waals surface area contributed by atoms with E-state index in [1.165, 1.54) is 18.4 Å². The molecule has 3 aliphatic rings. The summed E-state index contributed by atoms with van der Waals surface area (Å²) in [5, 5.41) is 3.55. The van der Waals surface area contributed by atoms with Gasteiger partial charge in [-0.15, -0.1) is 0 Å². The summed E-state index contributed by atoms with van der Waals surface area (Å²) in [6, 6.07) is 0.582. The molecule has 1 saturated carbocycles. The topological polar surface area (TPSA) is 58.1 Å². The maximum absolute atomic E-state index is 12.7. The minimum Gasteiger partial charge on any atom is -0.367 e. The zero-order chi connectivity index (χ0) is 15.8. The fraction of sp³-hybridized carbons (Fsp3) is 0.611. The second-order valence-electron chi connectivity index (χ2n) is 6.93. The molecule has 0 atom stereocenters. The van der Waals surface area contributed by atoms with Crippen molar-refractivity contribution in [2.24, 2.45) is 5.92 Å². The van der Waals surface area contributed by atoms with Gasteiger partial charge in [0.25, 0.3) is 0 Å². The van der Waals surface area contributed by atoms with Gasteiger partial charge in [-0.1, -0.05) is 12.2 Å². The van der Waals surface area contributed by atoms with Crippen molar-refractivity contribution in [3.63, 3.8) is 0 Å². The van der Waals surface area contributed by atoms with Gasteiger partial charge in [0.15, 0.2) is 0 Å². The van der Waals surface area contributed by atoms with Crippen LogP contribution in [0, 0.1) is 12.8 Å². The Kier molecular flexibility index (Phi) is 3.79. The molecule has 0 aromatic carbocycles. The molecule has 2 heterocycles. The molecule has 1 aromatic rings. The fourth-order valence-electron chi connectivity index (χ4n) is 3.56. The monoisotopic (exact) mass is 312 g/mol. The molecule has 5 heteroatoms. The first-order valence-electron chi connectivity index (χ1n) is 8.77. The van der Waals surface area contributed by atoms with Crippen LogP contribution in [-0.4, -0.2) is 39.9 Å². The van der Waals surface area contributed by atoms with Gasteiger partial charge in [0.1, 0.15) is 11.6 Å². The van der Waals surface area contributed by atoms with E-state index in [0.717, 1.165) is 56.1 Å². The first kappa shape index (κ1) is 14.7. The lowest BCUT2D eigenvalue weighted by Crippen LogP contribution is -2.37. The van der Waals surface area contributed by atoms with E-state index in [2.05, 4.69) is 27.4 Å². The normalized spacial score (nSPS) is 21.2. The molecule has 122 valence electrons. The number of carbonyl (C=O) groups is 1. The van der Waals surface area contributed by atoms with Gasteiger partial charge >= 0.3 is 0 Å². The van der Waals surface area contributed by atoms with Crippen LogP contribution in [0.2, 0.25) is 0 Å². The Balaban J connectivity index is 1.52. The SMILES string of the molecule is Cc1nc2c(c(NC3CC3)n1)CCN(C(=O)C1CC=CC1)CC2. The number of aryl methyl sites for hydroxylation is 1. The maximum atomic E-state index is 12.7. The second-order valence-corrected chi connectivity index (χ2v) is 6.93. The van der Waals surface area contributed by atoms with Crippen LogP contribution in [-0.2, 0) is 17.6 Å². The lowest BCUT2D eigenvalue weighted by Gasteiger charge is -2.23. The van der Waals surface area contributed by atoms with Gasteiger partial charge in [0.2, 0.25) is 5.91 Å². The van der Waals surface area contributed by atoms with Gasteiger partial charge in [-0.05, 0) is 39.0 Å². The molecular weight excluding hydrogens is 288 g/mol. The van der Waals surface area contributed by atoms with Crippen molar-refractivity contribution in [2.45, 2.75) is 51.5 Å². The van der Waals surface area contributed by atoms with Crippen molar-refractivity contribution in [1.82, 2.24) is 14.9 Å². The van der Waals surface area contributed by atoms with E-state index >= 15 is 0 Å². The Morgan fingerprint density at radius 2 is 1.91 bits per heavy atom. The number of rotatable bonds is 3. The smallest absolute Gasteiger partial charge is 0.226 e. The van der Waals surface area contributed by atoms with Crippen molar-refractivity contribution in [3.05, 3.63) is 29.2 Å². The number of nitrogens with zero attached hydrogens (tertiary/aromatic N) is 3. The molecule has 0 bridgehead atoms. The molecule has 5 nitrogen and oxygen atoms in total. The Bertz CT molecular complexity index is 643. The highest BCUT2D eigenvalue weighted by Crippen LogP contribution is 2.29. The van der Waals surface area contributed by atoms with Crippen LogP contribution in [0.15, 0.2) is 12.2 Å². The number of aromatic nitrogens is 2. The number of fused-ring (bicyclic) bond motifs is 1. The van der Waals surface area contributed by atoms with Gasteiger partial charge in [-0.2, -0.15) is 0 Å². The number of carbonyl (C=O) groups excluding carboxylic acids is 1. The van der Waals surface area contributed by atoms with Gasteiger partial charge in [-0.3, -0.25) is 4.79 Å². The van der Waals surface area contributed by atoms with E-state index in [4.69, 9.17) is 0 Å². The maximum Gasteiger partial charge on any atom is 0.226 e. The lowest BCUT2D eigenvalue weighted by atomic mass is 10.1. The number of allylic oxidation sites excluding steroid dienone is 2. The molecular formula is C18H24N4O. The van der Waals surface area contributed by atoms with Crippen LogP contribution in [0.4, 0.5) is 5.82 Å². The van der Waals surface area contributed by atoms with Gasteiger partial charge in [-0.25, -0.2) is 9.97 Å². The van der Waals surface area contributed by atoms with E-state index < -0.39 is 0 Å². The average Bonchev–Trinajstić information content (AvgIpc) is 3.22. The quantitative estimate of drug-likeness (QED) is 0.870. The molecule has 0 unspecified atom stereocenters. The third kappa shape index (κ3) is 3.09. The van der Waals surface area contributed by atoms with Crippen LogP contribution >= 0.6 is 0 Å². The summed E-state index contributed by atoms with van der Waals surface area (Å²) < 4.78 is 0. The third-order valence-electron chi connectivity index (χ3n) is 5.04. The van der Waals surface area contributed by atoms with Crippen LogP contribution in [0.5, 0.6) is 0 Å². The molecule has 4 rings (SSSR count). The number of hydrogen-bond donors (Lipinski definition) is 1. The van der Waals surface area contributed by atoms with Crippen LogP contribution in [0.3, 0.4) is 0 Å². The number of nitrogens with one attached hydrogen (secondary N) is 1. The Morgan fingerprint density at radius 3 is 2.65 bits per heavy atom. The van der Waals surface area contributed by atoms with Crippen LogP contribution in [0.1, 0.15) is 42.8 Å². The van der Waals surface area contributed by atoms with E-state index in [0.29, 0.717) is 11.9 Å². The summed E-state index contributed by atoms with van der Waals surface area (Å²) >= 11 is 0. The second kappa shape index (κ2) is 5.95. The molecule has 1 N–H and O–H groups in total. The van der Waals surface area contributed by atoms with Crippen molar-refractivity contribution >= 4 is 11.7 Å². The van der Waals surface area contributed by atoms with Crippen molar-refractivity contribution in [1.29, 1.82) is 0 Å². The molecule has 1 aromatic heterocycles. The van der Waals surface area contributed by atoms with Gasteiger partial charge < -0.3 is 10.2 Å². The summed E-state index contributed by atoms with van der Waals surface area (Å²) in [6.45, 7) is 3.52. The van der Waals surface area contributed by atoms with Gasteiger partial charge in [0, 0.05) is 37.0 Å². The standard InChI is InChI=1S/C18H24N4O/c1-12-19-16-9-11-22(18(23)13-4-2-3-5-13)10-8-15(16)17(20-12)21-14-6-7-14/h2-3,13-14H,4-11H2,1H3,(H,19,20,21). The number of hydrogen-bond acceptors (Lipinski definition) is 4. The average molecular weight is 312 g/mol. The zero-order valence-electron chi connectivity index (χ0n) is 13.7. The van der Waals surface area contributed by atoms with Crippen molar-refractivity contribution in [2.75, 3.05) is 18.4 Å². The molecule has 0 spiro atoms.